The smallest absolute Gasteiger partial charge is 0.123 e. The predicted molar refractivity (Wildman–Crippen MR) is 91.1 cm³/mol. The van der Waals surface area contributed by atoms with Crippen molar-refractivity contribution in [2.45, 2.75) is 26.2 Å². The Morgan fingerprint density at radius 3 is 2.80 bits per heavy atom. The molecule has 0 fully saturated rings. The van der Waals surface area contributed by atoms with Crippen molar-refractivity contribution in [2.75, 3.05) is 6.61 Å². The Bertz CT molecular complexity index is 906. The van der Waals surface area contributed by atoms with Gasteiger partial charge in [0.2, 0.25) is 0 Å². The maximum atomic E-state index is 13.3. The summed E-state index contributed by atoms with van der Waals surface area (Å²) in [7, 11) is 0. The van der Waals surface area contributed by atoms with Crippen LogP contribution in [0.25, 0.3) is 22.4 Å². The van der Waals surface area contributed by atoms with E-state index in [4.69, 9.17) is 9.84 Å². The first-order valence-electron chi connectivity index (χ1n) is 8.18. The predicted octanol–water partition coefficient (Wildman–Crippen LogP) is 3.33. The minimum absolute atomic E-state index is 0.121. The van der Waals surface area contributed by atoms with Gasteiger partial charge in [0.25, 0.3) is 0 Å². The Hall–Kier alpha value is -2.57. The third kappa shape index (κ3) is 2.83. The van der Waals surface area contributed by atoms with Gasteiger partial charge < -0.3 is 9.84 Å². The van der Waals surface area contributed by atoms with Crippen LogP contribution in [0.4, 0.5) is 4.39 Å². The van der Waals surface area contributed by atoms with E-state index in [0.29, 0.717) is 18.9 Å². The average Bonchev–Trinajstić information content (AvgIpc) is 3.03. The summed E-state index contributed by atoms with van der Waals surface area (Å²) < 4.78 is 21.0. The topological polar surface area (TPSA) is 60.2 Å². The highest BCUT2D eigenvalue weighted by Crippen LogP contribution is 2.38. The molecule has 6 heteroatoms. The molecule has 0 aliphatic carbocycles. The Labute approximate surface area is 144 Å². The quantitative estimate of drug-likeness (QED) is 0.795. The van der Waals surface area contributed by atoms with Crippen molar-refractivity contribution >= 4 is 0 Å². The summed E-state index contributed by atoms with van der Waals surface area (Å²) in [6.07, 6.45) is 1.67. The van der Waals surface area contributed by atoms with Gasteiger partial charge in [-0.25, -0.2) is 4.39 Å². The zero-order valence-electron chi connectivity index (χ0n) is 13.8. The number of aliphatic hydroxyl groups excluding tert-OH is 1. The maximum Gasteiger partial charge on any atom is 0.123 e. The fraction of sp³-hybridized carbons (Fsp3) is 0.263. The Kier molecular flexibility index (Phi) is 4.07. The van der Waals surface area contributed by atoms with Crippen molar-refractivity contribution in [1.82, 2.24) is 14.8 Å². The molecule has 4 rings (SSSR count). The molecule has 1 atom stereocenters. The summed E-state index contributed by atoms with van der Waals surface area (Å²) in [5.41, 5.74) is 5.04. The van der Waals surface area contributed by atoms with Crippen molar-refractivity contribution in [3.63, 3.8) is 0 Å². The van der Waals surface area contributed by atoms with Gasteiger partial charge in [-0.1, -0.05) is 0 Å². The summed E-state index contributed by atoms with van der Waals surface area (Å²) in [5, 5.41) is 14.2. The highest BCUT2D eigenvalue weighted by Gasteiger charge is 2.26. The number of hydrogen-bond donors (Lipinski definition) is 1. The van der Waals surface area contributed by atoms with E-state index in [0.717, 1.165) is 28.1 Å². The van der Waals surface area contributed by atoms with E-state index in [1.807, 2.05) is 16.8 Å². The highest BCUT2D eigenvalue weighted by molar-refractivity contribution is 5.83. The average molecular weight is 339 g/mol. The molecule has 1 N–H and O–H groups in total. The van der Waals surface area contributed by atoms with E-state index in [9.17, 15) is 9.50 Å². The molecule has 0 radical (unpaired) electrons. The van der Waals surface area contributed by atoms with E-state index in [2.05, 4.69) is 11.9 Å². The Morgan fingerprint density at radius 2 is 2.04 bits per heavy atom. The number of rotatable bonds is 3. The van der Waals surface area contributed by atoms with E-state index in [1.54, 1.807) is 18.3 Å². The molecule has 1 aromatic carbocycles. The second kappa shape index (κ2) is 6.38. The van der Waals surface area contributed by atoms with Crippen LogP contribution in [0.15, 0.2) is 42.6 Å². The first kappa shape index (κ1) is 15.9. The van der Waals surface area contributed by atoms with E-state index in [-0.39, 0.29) is 18.5 Å². The van der Waals surface area contributed by atoms with Crippen LogP contribution in [0, 0.1) is 5.82 Å². The van der Waals surface area contributed by atoms with Crippen LogP contribution in [-0.2, 0) is 18.0 Å². The van der Waals surface area contributed by atoms with E-state index >= 15 is 0 Å². The number of halogens is 1. The molecule has 1 unspecified atom stereocenters. The number of ether oxygens (including phenoxy) is 1. The van der Waals surface area contributed by atoms with Gasteiger partial charge in [-0.05, 0) is 48.9 Å². The van der Waals surface area contributed by atoms with Crippen LogP contribution >= 0.6 is 0 Å². The van der Waals surface area contributed by atoms with Crippen molar-refractivity contribution in [3.05, 3.63) is 59.8 Å². The molecule has 3 aromatic rings. The third-order valence-corrected chi connectivity index (χ3v) is 4.41. The first-order valence-corrected chi connectivity index (χ1v) is 8.18. The lowest BCUT2D eigenvalue weighted by Crippen LogP contribution is -2.22. The van der Waals surface area contributed by atoms with Crippen LogP contribution < -0.4 is 0 Å². The fourth-order valence-electron chi connectivity index (χ4n) is 3.20. The normalized spacial score (nSPS) is 16.7. The molecule has 128 valence electrons. The minimum Gasteiger partial charge on any atom is -0.390 e. The number of aromatic nitrogens is 3. The number of hydrogen-bond acceptors (Lipinski definition) is 4. The Balaban J connectivity index is 1.95. The molecule has 3 heterocycles. The van der Waals surface area contributed by atoms with Crippen molar-refractivity contribution in [2.24, 2.45) is 0 Å². The van der Waals surface area contributed by atoms with Gasteiger partial charge in [0, 0.05) is 17.3 Å². The van der Waals surface area contributed by atoms with E-state index < -0.39 is 0 Å². The van der Waals surface area contributed by atoms with Crippen LogP contribution in [0.3, 0.4) is 0 Å². The molecule has 0 saturated heterocycles. The molecule has 25 heavy (non-hydrogen) atoms. The second-order valence-corrected chi connectivity index (χ2v) is 6.18. The van der Waals surface area contributed by atoms with Gasteiger partial charge in [0.1, 0.15) is 11.5 Å². The van der Waals surface area contributed by atoms with Gasteiger partial charge in [-0.3, -0.25) is 9.67 Å². The summed E-state index contributed by atoms with van der Waals surface area (Å²) in [4.78, 5) is 4.15. The van der Waals surface area contributed by atoms with Crippen molar-refractivity contribution in [1.29, 1.82) is 0 Å². The molecular weight excluding hydrogens is 321 g/mol. The summed E-state index contributed by atoms with van der Waals surface area (Å²) in [5.74, 6) is -0.280. The maximum absolute atomic E-state index is 13.3. The standard InChI is InChI=1S/C19H18FN3O2/c1-12-10-25-11-17-18(14-6-7-21-16(8-14)9-24)19(22-23(12)17)13-2-4-15(20)5-3-13/h2-8,12,24H,9-11H2,1H3. The number of pyridine rings is 1. The minimum atomic E-state index is -0.280. The number of fused-ring (bicyclic) bond motifs is 1. The monoisotopic (exact) mass is 339 g/mol. The molecule has 2 aromatic heterocycles. The third-order valence-electron chi connectivity index (χ3n) is 4.41. The van der Waals surface area contributed by atoms with Crippen LogP contribution in [0.1, 0.15) is 24.4 Å². The van der Waals surface area contributed by atoms with Crippen LogP contribution in [0.5, 0.6) is 0 Å². The molecule has 1 aliphatic heterocycles. The highest BCUT2D eigenvalue weighted by atomic mass is 19.1. The van der Waals surface area contributed by atoms with Gasteiger partial charge in [-0.15, -0.1) is 0 Å². The van der Waals surface area contributed by atoms with Gasteiger partial charge in [0.05, 0.1) is 37.3 Å². The van der Waals surface area contributed by atoms with Gasteiger partial charge >= 0.3 is 0 Å². The lowest BCUT2D eigenvalue weighted by atomic mass is 9.98. The molecule has 0 saturated carbocycles. The van der Waals surface area contributed by atoms with Crippen LogP contribution in [0.2, 0.25) is 0 Å². The lowest BCUT2D eigenvalue weighted by Gasteiger charge is -2.22. The lowest BCUT2D eigenvalue weighted by molar-refractivity contribution is 0.0580. The van der Waals surface area contributed by atoms with E-state index in [1.165, 1.54) is 12.1 Å². The molecular formula is C19H18FN3O2. The summed E-state index contributed by atoms with van der Waals surface area (Å²) >= 11 is 0. The molecule has 1 aliphatic rings. The first-order chi connectivity index (χ1) is 12.2. The van der Waals surface area contributed by atoms with Gasteiger partial charge in [0.15, 0.2) is 0 Å². The largest absolute Gasteiger partial charge is 0.390 e. The fourth-order valence-corrected chi connectivity index (χ4v) is 3.20. The zero-order chi connectivity index (χ0) is 17.4. The van der Waals surface area contributed by atoms with Crippen molar-refractivity contribution < 1.29 is 14.2 Å². The van der Waals surface area contributed by atoms with Crippen LogP contribution in [-0.4, -0.2) is 26.5 Å². The molecule has 0 bridgehead atoms. The number of aliphatic hydroxyl groups is 1. The SMILES string of the molecule is CC1COCc2c(-c3ccnc(CO)c3)c(-c3ccc(F)cc3)nn21. The molecule has 5 nitrogen and oxygen atoms in total. The molecule has 0 spiro atoms. The zero-order valence-corrected chi connectivity index (χ0v) is 13.8. The number of nitrogens with zero attached hydrogens (tertiary/aromatic N) is 3. The summed E-state index contributed by atoms with van der Waals surface area (Å²) in [6.45, 7) is 3.00. The summed E-state index contributed by atoms with van der Waals surface area (Å²) in [6, 6.07) is 10.2. The van der Waals surface area contributed by atoms with Gasteiger partial charge in [-0.2, -0.15) is 5.10 Å². The van der Waals surface area contributed by atoms with Crippen molar-refractivity contribution in [3.8, 4) is 22.4 Å². The number of benzene rings is 1. The second-order valence-electron chi connectivity index (χ2n) is 6.18. The Morgan fingerprint density at radius 1 is 1.24 bits per heavy atom. The molecule has 0 amide bonds.